The SMILES string of the molecule is CCCCC1CCCC(C(=O)c2n[nH]c(Cc3ccc(-c4cccnc4-c4nnn[nH]4)cc3)n2)C1. The second-order valence-corrected chi connectivity index (χ2v) is 9.36. The molecule has 3 heterocycles. The van der Waals surface area contributed by atoms with Crippen molar-refractivity contribution in [1.29, 1.82) is 0 Å². The van der Waals surface area contributed by atoms with Gasteiger partial charge in [0.25, 0.3) is 0 Å². The van der Waals surface area contributed by atoms with Crippen molar-refractivity contribution < 1.29 is 4.79 Å². The minimum Gasteiger partial charge on any atom is -0.290 e. The molecule has 9 heteroatoms. The standard InChI is InChI=1S/C26H30N8O/c1-2-3-6-17-7-4-8-20(15-17)24(35)26-28-22(29-30-26)16-18-10-12-19(13-11-18)21-9-5-14-27-23(21)25-31-33-34-32-25/h5,9-14,17,20H,2-4,6-8,15-16H2,1H3,(H,28,29,30)(H,31,32,33,34). The van der Waals surface area contributed by atoms with Gasteiger partial charge < -0.3 is 0 Å². The Balaban J connectivity index is 1.25. The molecule has 4 aromatic rings. The van der Waals surface area contributed by atoms with Gasteiger partial charge in [-0.1, -0.05) is 69.4 Å². The van der Waals surface area contributed by atoms with Crippen molar-refractivity contribution in [3.05, 3.63) is 59.8 Å². The second-order valence-electron chi connectivity index (χ2n) is 9.36. The Kier molecular flexibility index (Phi) is 7.02. The average molecular weight is 471 g/mol. The van der Waals surface area contributed by atoms with Gasteiger partial charge in [0.15, 0.2) is 5.82 Å². The smallest absolute Gasteiger partial charge is 0.217 e. The molecule has 0 radical (unpaired) electrons. The molecule has 1 fully saturated rings. The number of nitrogens with zero attached hydrogens (tertiary/aromatic N) is 6. The van der Waals surface area contributed by atoms with Gasteiger partial charge in [-0.15, -0.1) is 5.10 Å². The van der Waals surface area contributed by atoms with E-state index in [0.29, 0.717) is 35.5 Å². The minimum atomic E-state index is 0.0572. The number of H-pyrrole nitrogens is 2. The Morgan fingerprint density at radius 3 is 2.80 bits per heavy atom. The van der Waals surface area contributed by atoms with E-state index < -0.39 is 0 Å². The molecule has 3 aromatic heterocycles. The summed E-state index contributed by atoms with van der Waals surface area (Å²) < 4.78 is 0. The number of carbonyl (C=O) groups excluding carboxylic acids is 1. The number of hydrogen-bond donors (Lipinski definition) is 2. The third-order valence-electron chi connectivity index (χ3n) is 6.89. The fraction of sp³-hybridized carbons (Fsp3) is 0.423. The Morgan fingerprint density at radius 1 is 1.11 bits per heavy atom. The molecule has 1 aromatic carbocycles. The van der Waals surface area contributed by atoms with Crippen LogP contribution in [0.3, 0.4) is 0 Å². The van der Waals surface area contributed by atoms with Crippen LogP contribution in [0.25, 0.3) is 22.6 Å². The van der Waals surface area contributed by atoms with Gasteiger partial charge in [0.1, 0.15) is 11.5 Å². The summed E-state index contributed by atoms with van der Waals surface area (Å²) in [5.74, 6) is 2.37. The molecule has 0 amide bonds. The number of carbonyl (C=O) groups is 1. The molecule has 1 aliphatic carbocycles. The van der Waals surface area contributed by atoms with E-state index in [2.05, 4.69) is 47.7 Å². The van der Waals surface area contributed by atoms with E-state index in [0.717, 1.165) is 36.0 Å². The Hall–Kier alpha value is -3.75. The van der Waals surface area contributed by atoms with Crippen LogP contribution in [0, 0.1) is 11.8 Å². The van der Waals surface area contributed by atoms with Crippen molar-refractivity contribution in [3.8, 4) is 22.6 Å². The maximum Gasteiger partial charge on any atom is 0.217 e. The number of tetrazole rings is 1. The molecular formula is C26H30N8O. The molecule has 35 heavy (non-hydrogen) atoms. The molecule has 2 atom stereocenters. The maximum absolute atomic E-state index is 13.0. The summed E-state index contributed by atoms with van der Waals surface area (Å²) in [5.41, 5.74) is 3.72. The van der Waals surface area contributed by atoms with E-state index in [4.69, 9.17) is 0 Å². The van der Waals surface area contributed by atoms with Crippen LogP contribution in [0.2, 0.25) is 0 Å². The zero-order valence-electron chi connectivity index (χ0n) is 19.9. The summed E-state index contributed by atoms with van der Waals surface area (Å²) in [5, 5.41) is 21.3. The first-order valence-electron chi connectivity index (χ1n) is 12.4. The number of nitrogens with one attached hydrogen (secondary N) is 2. The Labute approximate surface area is 204 Å². The molecule has 0 spiro atoms. The monoisotopic (exact) mass is 470 g/mol. The van der Waals surface area contributed by atoms with Crippen molar-refractivity contribution in [3.63, 3.8) is 0 Å². The first-order valence-corrected chi connectivity index (χ1v) is 12.4. The van der Waals surface area contributed by atoms with Crippen molar-refractivity contribution in [2.24, 2.45) is 11.8 Å². The highest BCUT2D eigenvalue weighted by Crippen LogP contribution is 2.34. The van der Waals surface area contributed by atoms with Crippen LogP contribution in [-0.2, 0) is 6.42 Å². The summed E-state index contributed by atoms with van der Waals surface area (Å²) in [7, 11) is 0. The number of pyridine rings is 1. The maximum atomic E-state index is 13.0. The number of benzene rings is 1. The lowest BCUT2D eigenvalue weighted by atomic mass is 9.77. The van der Waals surface area contributed by atoms with Gasteiger partial charge in [-0.3, -0.25) is 14.9 Å². The zero-order chi connectivity index (χ0) is 24.0. The molecular weight excluding hydrogens is 440 g/mol. The van der Waals surface area contributed by atoms with E-state index in [9.17, 15) is 4.79 Å². The van der Waals surface area contributed by atoms with Crippen LogP contribution in [0.1, 0.15) is 73.9 Å². The molecule has 0 bridgehead atoms. The quantitative estimate of drug-likeness (QED) is 0.336. The van der Waals surface area contributed by atoms with Crippen LogP contribution < -0.4 is 0 Å². The van der Waals surface area contributed by atoms with Crippen LogP contribution in [-0.4, -0.2) is 46.6 Å². The first-order chi connectivity index (χ1) is 17.2. The lowest BCUT2D eigenvalue weighted by Crippen LogP contribution is -2.24. The molecule has 0 saturated heterocycles. The van der Waals surface area contributed by atoms with Gasteiger partial charge in [0.2, 0.25) is 11.6 Å². The second kappa shape index (κ2) is 10.7. The predicted octanol–water partition coefficient (Wildman–Crippen LogP) is 4.82. The number of Topliss-reactive ketones (excluding diaryl/α,β-unsaturated/α-hetero) is 1. The van der Waals surface area contributed by atoms with Gasteiger partial charge >= 0.3 is 0 Å². The minimum absolute atomic E-state index is 0.0572. The third kappa shape index (κ3) is 5.34. The van der Waals surface area contributed by atoms with Gasteiger partial charge in [-0.2, -0.15) is 5.10 Å². The van der Waals surface area contributed by atoms with Crippen LogP contribution in [0.15, 0.2) is 42.6 Å². The van der Waals surface area contributed by atoms with E-state index in [1.807, 2.05) is 36.4 Å². The number of aromatic nitrogens is 8. The number of aromatic amines is 2. The summed E-state index contributed by atoms with van der Waals surface area (Å²) in [4.78, 5) is 22.0. The topological polar surface area (TPSA) is 126 Å². The highest BCUT2D eigenvalue weighted by Gasteiger charge is 2.29. The largest absolute Gasteiger partial charge is 0.290 e. The highest BCUT2D eigenvalue weighted by molar-refractivity contribution is 5.94. The number of hydrogen-bond acceptors (Lipinski definition) is 7. The van der Waals surface area contributed by atoms with Gasteiger partial charge in [0.05, 0.1) is 0 Å². The lowest BCUT2D eigenvalue weighted by Gasteiger charge is -2.27. The zero-order valence-corrected chi connectivity index (χ0v) is 19.9. The van der Waals surface area contributed by atoms with E-state index in [1.165, 1.54) is 25.7 Å². The molecule has 9 nitrogen and oxygen atoms in total. The lowest BCUT2D eigenvalue weighted by molar-refractivity contribution is 0.0848. The van der Waals surface area contributed by atoms with E-state index in [1.54, 1.807) is 6.20 Å². The Morgan fingerprint density at radius 2 is 2.00 bits per heavy atom. The summed E-state index contributed by atoms with van der Waals surface area (Å²) in [6.45, 7) is 2.22. The Bertz CT molecular complexity index is 1250. The van der Waals surface area contributed by atoms with Crippen molar-refractivity contribution in [1.82, 2.24) is 40.8 Å². The normalized spacial score (nSPS) is 18.0. The van der Waals surface area contributed by atoms with Crippen LogP contribution in [0.4, 0.5) is 0 Å². The molecule has 2 N–H and O–H groups in total. The van der Waals surface area contributed by atoms with Crippen molar-refractivity contribution in [2.75, 3.05) is 0 Å². The molecule has 2 unspecified atom stereocenters. The van der Waals surface area contributed by atoms with Crippen LogP contribution >= 0.6 is 0 Å². The van der Waals surface area contributed by atoms with Crippen LogP contribution in [0.5, 0.6) is 0 Å². The first kappa shape index (κ1) is 23.0. The number of rotatable bonds is 9. The molecule has 180 valence electrons. The van der Waals surface area contributed by atoms with E-state index in [-0.39, 0.29) is 11.7 Å². The highest BCUT2D eigenvalue weighted by atomic mass is 16.1. The summed E-state index contributed by atoms with van der Waals surface area (Å²) in [6.07, 6.45) is 10.3. The predicted molar refractivity (Wildman–Crippen MR) is 131 cm³/mol. The molecule has 5 rings (SSSR count). The van der Waals surface area contributed by atoms with E-state index >= 15 is 0 Å². The van der Waals surface area contributed by atoms with Crippen molar-refractivity contribution in [2.45, 2.75) is 58.3 Å². The fourth-order valence-corrected chi connectivity index (χ4v) is 5.03. The van der Waals surface area contributed by atoms with Gasteiger partial charge in [0, 0.05) is 24.1 Å². The third-order valence-corrected chi connectivity index (χ3v) is 6.89. The summed E-state index contributed by atoms with van der Waals surface area (Å²) >= 11 is 0. The van der Waals surface area contributed by atoms with Gasteiger partial charge in [-0.25, -0.2) is 10.1 Å². The molecule has 1 saturated carbocycles. The number of ketones is 1. The van der Waals surface area contributed by atoms with Gasteiger partial charge in [-0.05, 0) is 46.4 Å². The fourth-order valence-electron chi connectivity index (χ4n) is 5.03. The molecule has 0 aliphatic heterocycles. The summed E-state index contributed by atoms with van der Waals surface area (Å²) in [6, 6.07) is 12.1. The number of unbranched alkanes of at least 4 members (excludes halogenated alkanes) is 1. The van der Waals surface area contributed by atoms with Crippen molar-refractivity contribution >= 4 is 5.78 Å². The average Bonchev–Trinajstić information content (AvgIpc) is 3.61. The molecule has 1 aliphatic rings.